The van der Waals surface area contributed by atoms with Crippen LogP contribution in [0.15, 0.2) is 6.20 Å². The van der Waals surface area contributed by atoms with E-state index >= 15 is 0 Å². The standard InChI is InChI=1S/C11H16N4O2/c1-15-9(6-12-14-15)11(16)13-8-5-10-7(8)3-2-4-17-10/h6-8,10H,2-5H2,1H3,(H,13,16). The number of hydrogen-bond donors (Lipinski definition) is 1. The Morgan fingerprint density at radius 2 is 2.53 bits per heavy atom. The van der Waals surface area contributed by atoms with E-state index < -0.39 is 0 Å². The van der Waals surface area contributed by atoms with Crippen molar-refractivity contribution >= 4 is 5.91 Å². The molecule has 1 aliphatic carbocycles. The van der Waals surface area contributed by atoms with Crippen molar-refractivity contribution in [3.05, 3.63) is 11.9 Å². The van der Waals surface area contributed by atoms with Gasteiger partial charge >= 0.3 is 0 Å². The summed E-state index contributed by atoms with van der Waals surface area (Å²) in [5.74, 6) is 0.403. The lowest BCUT2D eigenvalue weighted by Crippen LogP contribution is -2.57. The normalized spacial score (nSPS) is 31.5. The Morgan fingerprint density at radius 1 is 1.65 bits per heavy atom. The van der Waals surface area contributed by atoms with E-state index in [0.717, 1.165) is 25.9 Å². The molecule has 0 bridgehead atoms. The minimum atomic E-state index is -0.0912. The number of ether oxygens (including phenoxy) is 1. The maximum Gasteiger partial charge on any atom is 0.271 e. The van der Waals surface area contributed by atoms with Crippen LogP contribution < -0.4 is 5.32 Å². The lowest BCUT2D eigenvalue weighted by molar-refractivity contribution is -0.100. The molecule has 1 saturated carbocycles. The predicted molar refractivity (Wildman–Crippen MR) is 59.3 cm³/mol. The van der Waals surface area contributed by atoms with E-state index in [2.05, 4.69) is 15.6 Å². The number of carbonyl (C=O) groups excluding carboxylic acids is 1. The van der Waals surface area contributed by atoms with Crippen LogP contribution in [0.2, 0.25) is 0 Å². The summed E-state index contributed by atoms with van der Waals surface area (Å²) >= 11 is 0. The number of carbonyl (C=O) groups is 1. The summed E-state index contributed by atoms with van der Waals surface area (Å²) in [6.07, 6.45) is 5.03. The molecule has 1 amide bonds. The van der Waals surface area contributed by atoms with E-state index in [4.69, 9.17) is 4.74 Å². The Kier molecular flexibility index (Phi) is 2.58. The summed E-state index contributed by atoms with van der Waals surface area (Å²) in [5.41, 5.74) is 0.505. The van der Waals surface area contributed by atoms with Gasteiger partial charge in [-0.1, -0.05) is 5.21 Å². The molecule has 1 aromatic rings. The van der Waals surface area contributed by atoms with E-state index in [1.54, 1.807) is 7.05 Å². The predicted octanol–water partition coefficient (Wildman–Crippen LogP) is 0.112. The van der Waals surface area contributed by atoms with Gasteiger partial charge in [-0.25, -0.2) is 4.68 Å². The van der Waals surface area contributed by atoms with Crippen LogP contribution in [0.4, 0.5) is 0 Å². The van der Waals surface area contributed by atoms with Crippen LogP contribution in [0.25, 0.3) is 0 Å². The Morgan fingerprint density at radius 3 is 3.24 bits per heavy atom. The number of nitrogens with one attached hydrogen (secondary N) is 1. The van der Waals surface area contributed by atoms with Crippen molar-refractivity contribution in [1.29, 1.82) is 0 Å². The molecule has 1 aromatic heterocycles. The molecule has 17 heavy (non-hydrogen) atoms. The van der Waals surface area contributed by atoms with Gasteiger partial charge in [0.05, 0.1) is 12.3 Å². The Bertz CT molecular complexity index is 431. The molecule has 6 nitrogen and oxygen atoms in total. The zero-order chi connectivity index (χ0) is 11.8. The first-order valence-corrected chi connectivity index (χ1v) is 6.03. The van der Waals surface area contributed by atoms with E-state index in [1.807, 2.05) is 0 Å². The highest BCUT2D eigenvalue weighted by atomic mass is 16.5. The molecule has 1 aliphatic heterocycles. The average Bonchev–Trinajstić information content (AvgIpc) is 2.72. The quantitative estimate of drug-likeness (QED) is 0.791. The minimum Gasteiger partial charge on any atom is -0.378 e. The van der Waals surface area contributed by atoms with Crippen LogP contribution >= 0.6 is 0 Å². The van der Waals surface area contributed by atoms with Crippen LogP contribution in [0, 0.1) is 5.92 Å². The summed E-state index contributed by atoms with van der Waals surface area (Å²) in [7, 11) is 1.72. The second-order valence-electron chi connectivity index (χ2n) is 4.77. The molecular formula is C11H16N4O2. The van der Waals surface area contributed by atoms with Gasteiger partial charge < -0.3 is 10.1 Å². The number of amides is 1. The van der Waals surface area contributed by atoms with E-state index in [0.29, 0.717) is 17.7 Å². The third-order valence-corrected chi connectivity index (χ3v) is 3.76. The molecular weight excluding hydrogens is 220 g/mol. The monoisotopic (exact) mass is 236 g/mol. The SMILES string of the molecule is Cn1nncc1C(=O)NC1CC2OCCCC12. The van der Waals surface area contributed by atoms with Crippen molar-refractivity contribution < 1.29 is 9.53 Å². The molecule has 1 saturated heterocycles. The highest BCUT2D eigenvalue weighted by molar-refractivity contribution is 5.92. The van der Waals surface area contributed by atoms with Gasteiger partial charge in [0.2, 0.25) is 0 Å². The van der Waals surface area contributed by atoms with Crippen LogP contribution in [-0.2, 0) is 11.8 Å². The average molecular weight is 236 g/mol. The molecule has 2 fully saturated rings. The van der Waals surface area contributed by atoms with Gasteiger partial charge in [0, 0.05) is 25.6 Å². The number of aromatic nitrogens is 3. The third-order valence-electron chi connectivity index (χ3n) is 3.76. The van der Waals surface area contributed by atoms with Gasteiger partial charge in [-0.15, -0.1) is 5.10 Å². The highest BCUT2D eigenvalue weighted by Crippen LogP contribution is 2.37. The molecule has 92 valence electrons. The molecule has 2 aliphatic rings. The number of rotatable bonds is 2. The lowest BCUT2D eigenvalue weighted by atomic mass is 9.72. The zero-order valence-corrected chi connectivity index (χ0v) is 9.80. The van der Waals surface area contributed by atoms with Crippen LogP contribution in [-0.4, -0.2) is 39.7 Å². The molecule has 1 N–H and O–H groups in total. The molecule has 6 heteroatoms. The number of aryl methyl sites for hydroxylation is 1. The van der Waals surface area contributed by atoms with Crippen LogP contribution in [0.1, 0.15) is 29.8 Å². The number of hydrogen-bond acceptors (Lipinski definition) is 4. The van der Waals surface area contributed by atoms with Crippen molar-refractivity contribution in [1.82, 2.24) is 20.3 Å². The van der Waals surface area contributed by atoms with E-state index in [9.17, 15) is 4.79 Å². The second kappa shape index (κ2) is 4.10. The number of fused-ring (bicyclic) bond motifs is 1. The van der Waals surface area contributed by atoms with Crippen molar-refractivity contribution in [3.63, 3.8) is 0 Å². The Balaban J connectivity index is 1.61. The van der Waals surface area contributed by atoms with Gasteiger partial charge in [0.15, 0.2) is 0 Å². The molecule has 0 spiro atoms. The summed E-state index contributed by atoms with van der Waals surface area (Å²) in [6, 6.07) is 0.252. The van der Waals surface area contributed by atoms with Gasteiger partial charge in [-0.3, -0.25) is 4.79 Å². The van der Waals surface area contributed by atoms with Gasteiger partial charge in [-0.05, 0) is 19.3 Å². The summed E-state index contributed by atoms with van der Waals surface area (Å²) < 4.78 is 7.11. The number of nitrogens with zero attached hydrogens (tertiary/aromatic N) is 3. The Labute approximate surface area is 99.3 Å². The van der Waals surface area contributed by atoms with Crippen LogP contribution in [0.5, 0.6) is 0 Å². The first-order chi connectivity index (χ1) is 8.25. The topological polar surface area (TPSA) is 69.0 Å². The second-order valence-corrected chi connectivity index (χ2v) is 4.77. The van der Waals surface area contributed by atoms with Crippen LogP contribution in [0.3, 0.4) is 0 Å². The fraction of sp³-hybridized carbons (Fsp3) is 0.727. The lowest BCUT2D eigenvalue weighted by Gasteiger charge is -2.47. The summed E-state index contributed by atoms with van der Waals surface area (Å²) in [5, 5.41) is 10.5. The first kappa shape index (κ1) is 10.7. The van der Waals surface area contributed by atoms with E-state index in [-0.39, 0.29) is 11.9 Å². The summed E-state index contributed by atoms with van der Waals surface area (Å²) in [4.78, 5) is 12.0. The van der Waals surface area contributed by atoms with Crippen molar-refractivity contribution in [2.24, 2.45) is 13.0 Å². The smallest absolute Gasteiger partial charge is 0.271 e. The van der Waals surface area contributed by atoms with Gasteiger partial charge in [0.1, 0.15) is 5.69 Å². The zero-order valence-electron chi connectivity index (χ0n) is 9.80. The van der Waals surface area contributed by atoms with Gasteiger partial charge in [-0.2, -0.15) is 0 Å². The fourth-order valence-corrected chi connectivity index (χ4v) is 2.70. The van der Waals surface area contributed by atoms with Crippen molar-refractivity contribution in [3.8, 4) is 0 Å². The van der Waals surface area contributed by atoms with E-state index in [1.165, 1.54) is 10.9 Å². The molecule has 3 rings (SSSR count). The molecule has 2 heterocycles. The minimum absolute atomic E-state index is 0.0912. The largest absolute Gasteiger partial charge is 0.378 e. The third kappa shape index (κ3) is 1.82. The van der Waals surface area contributed by atoms with Crippen molar-refractivity contribution in [2.75, 3.05) is 6.61 Å². The Hall–Kier alpha value is -1.43. The van der Waals surface area contributed by atoms with Gasteiger partial charge in [0.25, 0.3) is 5.91 Å². The first-order valence-electron chi connectivity index (χ1n) is 6.03. The fourth-order valence-electron chi connectivity index (χ4n) is 2.70. The van der Waals surface area contributed by atoms with Crippen molar-refractivity contribution in [2.45, 2.75) is 31.4 Å². The molecule has 3 unspecified atom stereocenters. The maximum absolute atomic E-state index is 12.0. The molecule has 3 atom stereocenters. The molecule has 0 aromatic carbocycles. The maximum atomic E-state index is 12.0. The highest BCUT2D eigenvalue weighted by Gasteiger charge is 2.44. The summed E-state index contributed by atoms with van der Waals surface area (Å²) in [6.45, 7) is 0.869. The molecule has 0 radical (unpaired) electrons.